The summed E-state index contributed by atoms with van der Waals surface area (Å²) in [6.45, 7) is 5.12. The maximum atomic E-state index is 8.75. The zero-order valence-electron chi connectivity index (χ0n) is 9.86. The van der Waals surface area contributed by atoms with Crippen LogP contribution in [0, 0.1) is 11.3 Å². The van der Waals surface area contributed by atoms with Crippen molar-refractivity contribution in [3.8, 4) is 6.07 Å². The number of nitrogens with zero attached hydrogens (tertiary/aromatic N) is 3. The second-order valence-corrected chi connectivity index (χ2v) is 4.10. The van der Waals surface area contributed by atoms with Crippen molar-refractivity contribution in [3.05, 3.63) is 41.2 Å². The molecule has 0 fully saturated rings. The molecule has 82 valence electrons. The van der Waals surface area contributed by atoms with Crippen LogP contribution in [0.5, 0.6) is 0 Å². The SMILES string of the molecule is CC1=C(C)N(c2ccc(C#N)cc2)CN1C. The number of rotatable bonds is 1. The van der Waals surface area contributed by atoms with E-state index >= 15 is 0 Å². The number of hydrogen-bond donors (Lipinski definition) is 0. The van der Waals surface area contributed by atoms with Gasteiger partial charge in [-0.25, -0.2) is 0 Å². The van der Waals surface area contributed by atoms with Gasteiger partial charge in [0.2, 0.25) is 0 Å². The van der Waals surface area contributed by atoms with Gasteiger partial charge in [0, 0.05) is 24.1 Å². The summed E-state index contributed by atoms with van der Waals surface area (Å²) in [6.07, 6.45) is 0. The molecule has 1 aromatic carbocycles. The number of anilines is 1. The first kappa shape index (κ1) is 10.6. The van der Waals surface area contributed by atoms with Crippen LogP contribution in [0.2, 0.25) is 0 Å². The van der Waals surface area contributed by atoms with Crippen molar-refractivity contribution in [3.63, 3.8) is 0 Å². The van der Waals surface area contributed by atoms with Gasteiger partial charge in [0.1, 0.15) is 0 Å². The highest BCUT2D eigenvalue weighted by molar-refractivity contribution is 5.55. The van der Waals surface area contributed by atoms with Crippen LogP contribution < -0.4 is 4.90 Å². The lowest BCUT2D eigenvalue weighted by Crippen LogP contribution is -2.24. The normalized spacial score (nSPS) is 15.6. The molecule has 16 heavy (non-hydrogen) atoms. The molecule has 0 unspecified atom stereocenters. The van der Waals surface area contributed by atoms with E-state index in [2.05, 4.69) is 36.8 Å². The molecule has 0 aromatic heterocycles. The molecule has 0 N–H and O–H groups in total. The van der Waals surface area contributed by atoms with Crippen LogP contribution in [-0.2, 0) is 0 Å². The average molecular weight is 213 g/mol. The molecule has 0 saturated carbocycles. The summed E-state index contributed by atoms with van der Waals surface area (Å²) >= 11 is 0. The minimum atomic E-state index is 0.703. The predicted octanol–water partition coefficient (Wildman–Crippen LogP) is 2.52. The van der Waals surface area contributed by atoms with E-state index in [9.17, 15) is 0 Å². The fraction of sp³-hybridized carbons (Fsp3) is 0.308. The van der Waals surface area contributed by atoms with Gasteiger partial charge in [0.15, 0.2) is 0 Å². The highest BCUT2D eigenvalue weighted by Crippen LogP contribution is 2.27. The van der Waals surface area contributed by atoms with Gasteiger partial charge in [0.25, 0.3) is 0 Å². The molecule has 1 aliphatic heterocycles. The number of nitriles is 1. The first-order valence-electron chi connectivity index (χ1n) is 5.30. The van der Waals surface area contributed by atoms with Crippen molar-refractivity contribution in [2.75, 3.05) is 18.6 Å². The van der Waals surface area contributed by atoms with E-state index < -0.39 is 0 Å². The lowest BCUT2D eigenvalue weighted by Gasteiger charge is -2.21. The van der Waals surface area contributed by atoms with Gasteiger partial charge in [-0.05, 0) is 38.1 Å². The standard InChI is InChI=1S/C13H15N3/c1-10-11(2)16(9-15(10)3)13-6-4-12(8-14)5-7-13/h4-7H,9H2,1-3H3. The summed E-state index contributed by atoms with van der Waals surface area (Å²) in [7, 11) is 2.09. The topological polar surface area (TPSA) is 30.3 Å². The molecule has 0 bridgehead atoms. The van der Waals surface area contributed by atoms with E-state index in [1.807, 2.05) is 24.3 Å². The van der Waals surface area contributed by atoms with Gasteiger partial charge < -0.3 is 9.80 Å². The van der Waals surface area contributed by atoms with Gasteiger partial charge in [-0.3, -0.25) is 0 Å². The van der Waals surface area contributed by atoms with Crippen molar-refractivity contribution >= 4 is 5.69 Å². The summed E-state index contributed by atoms with van der Waals surface area (Å²) in [5.74, 6) is 0. The van der Waals surface area contributed by atoms with Crippen molar-refractivity contribution in [2.24, 2.45) is 0 Å². The predicted molar refractivity (Wildman–Crippen MR) is 64.6 cm³/mol. The van der Waals surface area contributed by atoms with E-state index in [1.54, 1.807) is 0 Å². The van der Waals surface area contributed by atoms with Crippen LogP contribution in [0.4, 0.5) is 5.69 Å². The molecule has 3 heteroatoms. The van der Waals surface area contributed by atoms with Crippen LogP contribution in [0.15, 0.2) is 35.7 Å². The molecule has 1 aliphatic rings. The van der Waals surface area contributed by atoms with Crippen LogP contribution in [-0.4, -0.2) is 18.6 Å². The Bertz CT molecular complexity index is 465. The minimum absolute atomic E-state index is 0.703. The highest BCUT2D eigenvalue weighted by Gasteiger charge is 2.21. The van der Waals surface area contributed by atoms with E-state index in [0.29, 0.717) is 5.56 Å². The molecule has 1 aromatic rings. The van der Waals surface area contributed by atoms with Gasteiger partial charge in [-0.15, -0.1) is 0 Å². The van der Waals surface area contributed by atoms with Crippen LogP contribution in [0.1, 0.15) is 19.4 Å². The molecule has 0 amide bonds. The first-order chi connectivity index (χ1) is 7.63. The Hall–Kier alpha value is -1.95. The number of hydrogen-bond acceptors (Lipinski definition) is 3. The largest absolute Gasteiger partial charge is 0.359 e. The van der Waals surface area contributed by atoms with Crippen LogP contribution >= 0.6 is 0 Å². The quantitative estimate of drug-likeness (QED) is 0.718. The third-order valence-corrected chi connectivity index (χ3v) is 3.16. The molecule has 0 atom stereocenters. The third kappa shape index (κ3) is 1.63. The maximum absolute atomic E-state index is 8.75. The van der Waals surface area contributed by atoms with Crippen molar-refractivity contribution in [1.82, 2.24) is 4.90 Å². The second kappa shape index (κ2) is 3.90. The summed E-state index contributed by atoms with van der Waals surface area (Å²) < 4.78 is 0. The van der Waals surface area contributed by atoms with E-state index in [1.165, 1.54) is 11.4 Å². The molecular formula is C13H15N3. The first-order valence-corrected chi connectivity index (χ1v) is 5.30. The molecule has 2 rings (SSSR count). The molecule has 0 saturated heterocycles. The Labute approximate surface area is 96.2 Å². The molecule has 1 heterocycles. The summed E-state index contributed by atoms with van der Waals surface area (Å²) in [5, 5.41) is 8.75. The fourth-order valence-electron chi connectivity index (χ4n) is 1.89. The van der Waals surface area contributed by atoms with E-state index in [0.717, 1.165) is 12.4 Å². The third-order valence-electron chi connectivity index (χ3n) is 3.16. The van der Waals surface area contributed by atoms with Crippen molar-refractivity contribution in [2.45, 2.75) is 13.8 Å². The summed E-state index contributed by atoms with van der Waals surface area (Å²) in [4.78, 5) is 4.46. The van der Waals surface area contributed by atoms with Crippen molar-refractivity contribution in [1.29, 1.82) is 5.26 Å². The van der Waals surface area contributed by atoms with Crippen molar-refractivity contribution < 1.29 is 0 Å². The van der Waals surface area contributed by atoms with Gasteiger partial charge >= 0.3 is 0 Å². The van der Waals surface area contributed by atoms with Gasteiger partial charge in [0.05, 0.1) is 18.3 Å². The Morgan fingerprint density at radius 3 is 2.19 bits per heavy atom. The van der Waals surface area contributed by atoms with Crippen LogP contribution in [0.3, 0.4) is 0 Å². The van der Waals surface area contributed by atoms with Gasteiger partial charge in [-0.2, -0.15) is 5.26 Å². The minimum Gasteiger partial charge on any atom is -0.359 e. The maximum Gasteiger partial charge on any atom is 0.0991 e. The molecule has 0 radical (unpaired) electrons. The zero-order chi connectivity index (χ0) is 11.7. The number of benzene rings is 1. The smallest absolute Gasteiger partial charge is 0.0991 e. The Balaban J connectivity index is 2.30. The highest BCUT2D eigenvalue weighted by atomic mass is 15.4. The van der Waals surface area contributed by atoms with E-state index in [4.69, 9.17) is 5.26 Å². The zero-order valence-corrected chi connectivity index (χ0v) is 9.86. The fourth-order valence-corrected chi connectivity index (χ4v) is 1.89. The Morgan fingerprint density at radius 1 is 1.12 bits per heavy atom. The lowest BCUT2D eigenvalue weighted by molar-refractivity contribution is 0.460. The summed E-state index contributed by atoms with van der Waals surface area (Å²) in [6, 6.07) is 9.84. The molecule has 0 spiro atoms. The lowest BCUT2D eigenvalue weighted by atomic mass is 10.2. The molecule has 0 aliphatic carbocycles. The Morgan fingerprint density at radius 2 is 1.75 bits per heavy atom. The van der Waals surface area contributed by atoms with E-state index in [-0.39, 0.29) is 0 Å². The van der Waals surface area contributed by atoms with Crippen LogP contribution in [0.25, 0.3) is 0 Å². The average Bonchev–Trinajstić information content (AvgIpc) is 2.57. The van der Waals surface area contributed by atoms with Gasteiger partial charge in [-0.1, -0.05) is 0 Å². The molecular weight excluding hydrogens is 198 g/mol. The molecule has 3 nitrogen and oxygen atoms in total. The summed E-state index contributed by atoms with van der Waals surface area (Å²) in [5.41, 5.74) is 4.41. The monoisotopic (exact) mass is 213 g/mol. The Kier molecular flexibility index (Phi) is 2.57. The number of allylic oxidation sites excluding steroid dienone is 2. The second-order valence-electron chi connectivity index (χ2n) is 4.10.